The molecule has 23 heavy (non-hydrogen) atoms. The van der Waals surface area contributed by atoms with Gasteiger partial charge >= 0.3 is 0 Å². The van der Waals surface area contributed by atoms with Gasteiger partial charge in [-0.3, -0.25) is 4.79 Å². The first-order chi connectivity index (χ1) is 11.0. The van der Waals surface area contributed by atoms with Crippen molar-refractivity contribution in [2.45, 2.75) is 26.7 Å². The molecule has 124 valence electrons. The van der Waals surface area contributed by atoms with Gasteiger partial charge in [0.15, 0.2) is 17.3 Å². The maximum atomic E-state index is 12.5. The Labute approximate surface area is 138 Å². The highest BCUT2D eigenvalue weighted by Gasteiger charge is 2.32. The number of allylic oxidation sites excluding steroid dienone is 1. The molecule has 0 saturated heterocycles. The van der Waals surface area contributed by atoms with Crippen LogP contribution in [0.2, 0.25) is 0 Å². The van der Waals surface area contributed by atoms with Crippen molar-refractivity contribution in [3.63, 3.8) is 0 Å². The predicted octanol–water partition coefficient (Wildman–Crippen LogP) is 3.15. The van der Waals surface area contributed by atoms with E-state index in [4.69, 9.17) is 9.47 Å². The molecule has 0 radical (unpaired) electrons. The van der Waals surface area contributed by atoms with E-state index in [0.29, 0.717) is 11.7 Å². The van der Waals surface area contributed by atoms with E-state index in [1.54, 1.807) is 14.2 Å². The van der Waals surface area contributed by atoms with Gasteiger partial charge in [-0.05, 0) is 36.5 Å². The minimum absolute atomic E-state index is 0.125. The summed E-state index contributed by atoms with van der Waals surface area (Å²) in [6, 6.07) is 4.04. The summed E-state index contributed by atoms with van der Waals surface area (Å²) in [6.45, 7) is 6.14. The third kappa shape index (κ3) is 2.94. The summed E-state index contributed by atoms with van der Waals surface area (Å²) >= 11 is 0. The Kier molecular flexibility index (Phi) is 4.33. The molecular formula is C19H25NO3. The van der Waals surface area contributed by atoms with Crippen LogP contribution in [0.5, 0.6) is 11.5 Å². The van der Waals surface area contributed by atoms with Gasteiger partial charge in [-0.15, -0.1) is 0 Å². The quantitative estimate of drug-likeness (QED) is 0.855. The smallest absolute Gasteiger partial charge is 0.162 e. The zero-order valence-corrected chi connectivity index (χ0v) is 14.4. The topological polar surface area (TPSA) is 38.8 Å². The Hall–Kier alpha value is -1.97. The van der Waals surface area contributed by atoms with Gasteiger partial charge in [0.25, 0.3) is 0 Å². The molecule has 2 aliphatic heterocycles. The zero-order chi connectivity index (χ0) is 16.6. The van der Waals surface area contributed by atoms with Gasteiger partial charge in [0.05, 0.1) is 14.2 Å². The number of fused-ring (bicyclic) bond motifs is 3. The molecule has 4 nitrogen and oxygen atoms in total. The van der Waals surface area contributed by atoms with Crippen molar-refractivity contribution in [3.05, 3.63) is 29.3 Å². The van der Waals surface area contributed by atoms with Gasteiger partial charge in [-0.2, -0.15) is 0 Å². The maximum absolute atomic E-state index is 12.5. The molecule has 1 unspecified atom stereocenters. The zero-order valence-electron chi connectivity index (χ0n) is 14.4. The molecule has 2 aliphatic rings. The highest BCUT2D eigenvalue weighted by Crippen LogP contribution is 2.39. The van der Waals surface area contributed by atoms with Crippen molar-refractivity contribution in [2.24, 2.45) is 11.8 Å². The van der Waals surface area contributed by atoms with Crippen LogP contribution in [0.4, 0.5) is 0 Å². The van der Waals surface area contributed by atoms with E-state index in [0.717, 1.165) is 42.9 Å². The molecule has 1 aromatic rings. The first-order valence-corrected chi connectivity index (χ1v) is 8.29. The van der Waals surface area contributed by atoms with Crippen LogP contribution >= 0.6 is 0 Å². The number of hydrogen-bond acceptors (Lipinski definition) is 4. The van der Waals surface area contributed by atoms with Gasteiger partial charge in [-0.25, -0.2) is 0 Å². The fourth-order valence-electron chi connectivity index (χ4n) is 3.64. The molecule has 0 spiro atoms. The summed E-state index contributed by atoms with van der Waals surface area (Å²) in [7, 11) is 3.29. The van der Waals surface area contributed by atoms with E-state index in [1.807, 2.05) is 18.2 Å². The molecule has 0 aromatic heterocycles. The molecule has 0 fully saturated rings. The van der Waals surface area contributed by atoms with Crippen molar-refractivity contribution < 1.29 is 14.3 Å². The lowest BCUT2D eigenvalue weighted by Crippen LogP contribution is -2.40. The monoisotopic (exact) mass is 315 g/mol. The third-order valence-corrected chi connectivity index (χ3v) is 4.76. The number of carbonyl (C=O) groups is 1. The van der Waals surface area contributed by atoms with E-state index < -0.39 is 0 Å². The number of nitrogens with zero attached hydrogens (tertiary/aromatic N) is 1. The summed E-state index contributed by atoms with van der Waals surface area (Å²) in [5, 5.41) is 0. The molecule has 1 aromatic carbocycles. The fraction of sp³-hybridized carbons (Fsp3) is 0.526. The van der Waals surface area contributed by atoms with Crippen LogP contribution in [-0.2, 0) is 11.2 Å². The number of ketones is 1. The summed E-state index contributed by atoms with van der Waals surface area (Å²) in [6.07, 6.45) is 3.76. The molecule has 1 atom stereocenters. The Bertz CT molecular complexity index is 648. The molecule has 4 heteroatoms. The molecular weight excluding hydrogens is 290 g/mol. The lowest BCUT2D eigenvalue weighted by molar-refractivity contribution is -0.119. The minimum Gasteiger partial charge on any atom is -0.493 e. The Morgan fingerprint density at radius 1 is 1.22 bits per heavy atom. The SMILES string of the molecule is COc1cc2c(cc1OC)C1=CC(=O)C(CC(C)C)CN1CC2. The van der Waals surface area contributed by atoms with Gasteiger partial charge in [0.2, 0.25) is 0 Å². The Balaban J connectivity index is 1.99. The van der Waals surface area contributed by atoms with Crippen LogP contribution in [0.15, 0.2) is 18.2 Å². The molecule has 2 heterocycles. The van der Waals surface area contributed by atoms with Gasteiger partial charge in [0.1, 0.15) is 0 Å². The van der Waals surface area contributed by atoms with Crippen LogP contribution in [-0.4, -0.2) is 38.0 Å². The van der Waals surface area contributed by atoms with Gasteiger partial charge < -0.3 is 14.4 Å². The summed E-state index contributed by atoms with van der Waals surface area (Å²) in [5.74, 6) is 2.39. The van der Waals surface area contributed by atoms with E-state index in [-0.39, 0.29) is 11.7 Å². The van der Waals surface area contributed by atoms with E-state index in [1.165, 1.54) is 5.56 Å². The second kappa shape index (κ2) is 6.26. The summed E-state index contributed by atoms with van der Waals surface area (Å²) in [4.78, 5) is 14.9. The van der Waals surface area contributed by atoms with Crippen molar-refractivity contribution >= 4 is 11.5 Å². The minimum atomic E-state index is 0.125. The first-order valence-electron chi connectivity index (χ1n) is 8.29. The normalized spacial score (nSPS) is 20.0. The number of methoxy groups -OCH3 is 2. The molecule has 0 aliphatic carbocycles. The lowest BCUT2D eigenvalue weighted by atomic mass is 9.85. The molecule has 0 bridgehead atoms. The van der Waals surface area contributed by atoms with Crippen molar-refractivity contribution in [1.82, 2.24) is 4.90 Å². The number of benzene rings is 1. The summed E-state index contributed by atoms with van der Waals surface area (Å²) in [5.41, 5.74) is 3.36. The van der Waals surface area contributed by atoms with Crippen molar-refractivity contribution in [2.75, 3.05) is 27.3 Å². The van der Waals surface area contributed by atoms with E-state index >= 15 is 0 Å². The standard InChI is InChI=1S/C19H25NO3/c1-12(2)7-14-11-20-6-5-13-8-18(22-3)19(23-4)9-15(13)16(20)10-17(14)21/h8-10,12,14H,5-7,11H2,1-4H3. The largest absolute Gasteiger partial charge is 0.493 e. The third-order valence-electron chi connectivity index (χ3n) is 4.76. The average molecular weight is 315 g/mol. The highest BCUT2D eigenvalue weighted by atomic mass is 16.5. The van der Waals surface area contributed by atoms with Crippen molar-refractivity contribution in [1.29, 1.82) is 0 Å². The highest BCUT2D eigenvalue weighted by molar-refractivity contribution is 6.00. The summed E-state index contributed by atoms with van der Waals surface area (Å²) < 4.78 is 10.8. The second-order valence-corrected chi connectivity index (χ2v) is 6.82. The molecule has 0 saturated carbocycles. The van der Waals surface area contributed by atoms with Crippen molar-refractivity contribution in [3.8, 4) is 11.5 Å². The Morgan fingerprint density at radius 3 is 2.57 bits per heavy atom. The van der Waals surface area contributed by atoms with E-state index in [9.17, 15) is 4.79 Å². The van der Waals surface area contributed by atoms with E-state index in [2.05, 4.69) is 18.7 Å². The number of carbonyl (C=O) groups excluding carboxylic acids is 1. The second-order valence-electron chi connectivity index (χ2n) is 6.82. The number of rotatable bonds is 4. The maximum Gasteiger partial charge on any atom is 0.162 e. The van der Waals surface area contributed by atoms with Crippen LogP contribution < -0.4 is 9.47 Å². The Morgan fingerprint density at radius 2 is 1.91 bits per heavy atom. The lowest BCUT2D eigenvalue weighted by Gasteiger charge is -2.39. The molecule has 0 N–H and O–H groups in total. The number of hydrogen-bond donors (Lipinski definition) is 0. The van der Waals surface area contributed by atoms with Crippen LogP contribution in [0.25, 0.3) is 5.70 Å². The predicted molar refractivity (Wildman–Crippen MR) is 90.8 cm³/mol. The first kappa shape index (κ1) is 15.9. The molecule has 0 amide bonds. The fourth-order valence-corrected chi connectivity index (χ4v) is 3.64. The van der Waals surface area contributed by atoms with Crippen LogP contribution in [0.3, 0.4) is 0 Å². The average Bonchev–Trinajstić information content (AvgIpc) is 2.53. The number of ether oxygens (including phenoxy) is 2. The van der Waals surface area contributed by atoms with Gasteiger partial charge in [-0.1, -0.05) is 13.8 Å². The van der Waals surface area contributed by atoms with Crippen LogP contribution in [0, 0.1) is 11.8 Å². The van der Waals surface area contributed by atoms with Gasteiger partial charge in [0, 0.05) is 36.3 Å². The van der Waals surface area contributed by atoms with Crippen LogP contribution in [0.1, 0.15) is 31.4 Å². The molecule has 3 rings (SSSR count).